The van der Waals surface area contributed by atoms with E-state index in [0.717, 1.165) is 28.5 Å². The van der Waals surface area contributed by atoms with Gasteiger partial charge in [0, 0.05) is 11.3 Å². The quantitative estimate of drug-likeness (QED) is 0.664. The molecule has 1 atom stereocenters. The Kier molecular flexibility index (Phi) is 3.24. The Bertz CT molecular complexity index is 332. The van der Waals surface area contributed by atoms with Gasteiger partial charge in [-0.15, -0.1) is 11.3 Å². The molecule has 2 rings (SSSR count). The van der Waals surface area contributed by atoms with Crippen LogP contribution < -0.4 is 0 Å². The fraction of sp³-hybridized carbons (Fsp3) is 0.545. The van der Waals surface area contributed by atoms with Gasteiger partial charge in [-0.05, 0) is 25.0 Å². The zero-order valence-corrected chi connectivity index (χ0v) is 9.53. The second-order valence-electron chi connectivity index (χ2n) is 3.76. The fourth-order valence-corrected chi connectivity index (χ4v) is 3.20. The Morgan fingerprint density at radius 2 is 2.14 bits per heavy atom. The predicted molar refractivity (Wildman–Crippen MR) is 60.2 cm³/mol. The van der Waals surface area contributed by atoms with Crippen LogP contribution in [0.2, 0.25) is 4.34 Å². The molecule has 3 heteroatoms. The summed E-state index contributed by atoms with van der Waals surface area (Å²) in [6, 6.07) is 3.89. The molecule has 1 heterocycles. The lowest BCUT2D eigenvalue weighted by atomic mass is 9.97. The van der Waals surface area contributed by atoms with Crippen LogP contribution in [0.25, 0.3) is 0 Å². The monoisotopic (exact) mass is 228 g/mol. The van der Waals surface area contributed by atoms with E-state index in [0.29, 0.717) is 5.78 Å². The number of ketones is 1. The van der Waals surface area contributed by atoms with Crippen molar-refractivity contribution in [2.24, 2.45) is 0 Å². The van der Waals surface area contributed by atoms with Crippen LogP contribution in [-0.4, -0.2) is 5.78 Å². The molecule has 1 unspecified atom stereocenters. The van der Waals surface area contributed by atoms with E-state index in [2.05, 4.69) is 0 Å². The van der Waals surface area contributed by atoms with Gasteiger partial charge in [0.05, 0.1) is 10.3 Å². The second-order valence-corrected chi connectivity index (χ2v) is 5.51. The normalized spacial score (nSPS) is 23.5. The maximum absolute atomic E-state index is 11.8. The first-order chi connectivity index (χ1) is 6.77. The molecule has 1 saturated carbocycles. The Labute approximate surface area is 93.1 Å². The van der Waals surface area contributed by atoms with Crippen LogP contribution >= 0.6 is 22.9 Å². The van der Waals surface area contributed by atoms with E-state index >= 15 is 0 Å². The third-order valence-corrected chi connectivity index (χ3v) is 4.09. The molecule has 1 nitrogen and oxygen atoms in total. The van der Waals surface area contributed by atoms with Crippen molar-refractivity contribution in [2.45, 2.75) is 38.0 Å². The Hall–Kier alpha value is -0.340. The first-order valence-electron chi connectivity index (χ1n) is 5.05. The summed E-state index contributed by atoms with van der Waals surface area (Å²) >= 11 is 7.43. The minimum atomic E-state index is 0.134. The molecular weight excluding hydrogens is 216 g/mol. The minimum absolute atomic E-state index is 0.134. The molecule has 1 fully saturated rings. The lowest BCUT2D eigenvalue weighted by Gasteiger charge is -2.09. The number of halogens is 1. The molecule has 0 N–H and O–H groups in total. The van der Waals surface area contributed by atoms with Gasteiger partial charge in [0.2, 0.25) is 0 Å². The first-order valence-corrected chi connectivity index (χ1v) is 6.25. The number of hydrogen-bond acceptors (Lipinski definition) is 2. The topological polar surface area (TPSA) is 17.1 Å². The van der Waals surface area contributed by atoms with Crippen LogP contribution in [0.15, 0.2) is 12.1 Å². The minimum Gasteiger partial charge on any atom is -0.299 e. The van der Waals surface area contributed by atoms with Crippen molar-refractivity contribution >= 4 is 28.7 Å². The standard InChI is InChI=1S/C11H13ClOS/c12-11-7-6-10(14-11)8-4-2-1-3-5-9(8)13/h6-8H,1-5H2. The van der Waals surface area contributed by atoms with E-state index in [4.69, 9.17) is 11.6 Å². The van der Waals surface area contributed by atoms with Crippen molar-refractivity contribution in [1.29, 1.82) is 0 Å². The van der Waals surface area contributed by atoms with Crippen LogP contribution in [0.1, 0.15) is 42.9 Å². The molecule has 0 amide bonds. The molecule has 1 aliphatic carbocycles. The molecule has 0 bridgehead atoms. The number of carbonyl (C=O) groups is 1. The van der Waals surface area contributed by atoms with Gasteiger partial charge >= 0.3 is 0 Å². The van der Waals surface area contributed by atoms with E-state index in [-0.39, 0.29) is 5.92 Å². The van der Waals surface area contributed by atoms with E-state index in [1.54, 1.807) is 11.3 Å². The number of thiophene rings is 1. The Morgan fingerprint density at radius 1 is 1.29 bits per heavy atom. The third-order valence-electron chi connectivity index (χ3n) is 2.74. The largest absolute Gasteiger partial charge is 0.299 e. The van der Waals surface area contributed by atoms with E-state index in [1.807, 2.05) is 12.1 Å². The first kappa shape index (κ1) is 10.2. The summed E-state index contributed by atoms with van der Waals surface area (Å²) in [5, 5.41) is 0. The number of rotatable bonds is 1. The summed E-state index contributed by atoms with van der Waals surface area (Å²) in [6.45, 7) is 0. The highest BCUT2D eigenvalue weighted by Gasteiger charge is 2.23. The molecule has 0 saturated heterocycles. The summed E-state index contributed by atoms with van der Waals surface area (Å²) in [4.78, 5) is 12.9. The molecule has 1 aromatic heterocycles. The Morgan fingerprint density at radius 3 is 2.86 bits per heavy atom. The zero-order chi connectivity index (χ0) is 9.97. The molecule has 1 aliphatic rings. The highest BCUT2D eigenvalue weighted by Crippen LogP contribution is 2.34. The lowest BCUT2D eigenvalue weighted by Crippen LogP contribution is -2.08. The van der Waals surface area contributed by atoms with Crippen LogP contribution in [-0.2, 0) is 4.79 Å². The fourth-order valence-electron chi connectivity index (χ4n) is 1.98. The Balaban J connectivity index is 2.18. The van der Waals surface area contributed by atoms with E-state index in [1.165, 1.54) is 12.8 Å². The molecular formula is C11H13ClOS. The maximum atomic E-state index is 11.8. The van der Waals surface area contributed by atoms with Crippen LogP contribution in [0.4, 0.5) is 0 Å². The van der Waals surface area contributed by atoms with Crippen molar-refractivity contribution in [3.8, 4) is 0 Å². The summed E-state index contributed by atoms with van der Waals surface area (Å²) in [6.07, 6.45) is 5.19. The molecule has 0 radical (unpaired) electrons. The molecule has 14 heavy (non-hydrogen) atoms. The summed E-state index contributed by atoms with van der Waals surface area (Å²) in [5.41, 5.74) is 0. The second kappa shape index (κ2) is 4.45. The smallest absolute Gasteiger partial charge is 0.141 e. The van der Waals surface area contributed by atoms with Crippen LogP contribution in [0, 0.1) is 0 Å². The van der Waals surface area contributed by atoms with Gasteiger partial charge in [0.25, 0.3) is 0 Å². The van der Waals surface area contributed by atoms with Gasteiger partial charge in [0.1, 0.15) is 5.78 Å². The average molecular weight is 229 g/mol. The number of carbonyl (C=O) groups excluding carboxylic acids is 1. The van der Waals surface area contributed by atoms with Gasteiger partial charge < -0.3 is 0 Å². The average Bonchev–Trinajstić information content (AvgIpc) is 2.46. The van der Waals surface area contributed by atoms with Gasteiger partial charge in [-0.3, -0.25) is 4.79 Å². The highest BCUT2D eigenvalue weighted by molar-refractivity contribution is 7.16. The zero-order valence-electron chi connectivity index (χ0n) is 7.96. The molecule has 0 aliphatic heterocycles. The van der Waals surface area contributed by atoms with E-state index in [9.17, 15) is 4.79 Å². The molecule has 0 spiro atoms. The van der Waals surface area contributed by atoms with Crippen LogP contribution in [0.5, 0.6) is 0 Å². The van der Waals surface area contributed by atoms with E-state index < -0.39 is 0 Å². The van der Waals surface area contributed by atoms with Gasteiger partial charge in [0.15, 0.2) is 0 Å². The van der Waals surface area contributed by atoms with Crippen molar-refractivity contribution in [2.75, 3.05) is 0 Å². The number of Topliss-reactive ketones (excluding diaryl/α,β-unsaturated/α-hetero) is 1. The molecule has 0 aromatic carbocycles. The van der Waals surface area contributed by atoms with Crippen molar-refractivity contribution in [3.05, 3.63) is 21.3 Å². The summed E-state index contributed by atoms with van der Waals surface area (Å²) in [5.74, 6) is 0.538. The van der Waals surface area contributed by atoms with Crippen molar-refractivity contribution < 1.29 is 4.79 Å². The van der Waals surface area contributed by atoms with Crippen molar-refractivity contribution in [1.82, 2.24) is 0 Å². The SMILES string of the molecule is O=C1CCCCCC1c1ccc(Cl)s1. The lowest BCUT2D eigenvalue weighted by molar-refractivity contribution is -0.120. The highest BCUT2D eigenvalue weighted by atomic mass is 35.5. The predicted octanol–water partition coefficient (Wildman–Crippen LogP) is 4.02. The maximum Gasteiger partial charge on any atom is 0.141 e. The summed E-state index contributed by atoms with van der Waals surface area (Å²) < 4.78 is 0.789. The van der Waals surface area contributed by atoms with Gasteiger partial charge in [-0.25, -0.2) is 0 Å². The molecule has 76 valence electrons. The third kappa shape index (κ3) is 2.18. The van der Waals surface area contributed by atoms with Gasteiger partial charge in [-0.2, -0.15) is 0 Å². The van der Waals surface area contributed by atoms with Crippen LogP contribution in [0.3, 0.4) is 0 Å². The molecule has 1 aromatic rings. The van der Waals surface area contributed by atoms with Gasteiger partial charge in [-0.1, -0.05) is 24.4 Å². The number of hydrogen-bond donors (Lipinski definition) is 0. The summed E-state index contributed by atoms with van der Waals surface area (Å²) in [7, 11) is 0. The van der Waals surface area contributed by atoms with Crippen molar-refractivity contribution in [3.63, 3.8) is 0 Å².